The molecule has 0 fully saturated rings. The Morgan fingerprint density at radius 1 is 1.43 bits per heavy atom. The van der Waals surface area contributed by atoms with E-state index in [4.69, 9.17) is 5.11 Å². The molecule has 1 aromatic carbocycles. The topological polar surface area (TPSA) is 110 Å². The number of hydrogen-bond donors (Lipinski definition) is 2. The first kappa shape index (κ1) is 16.5. The van der Waals surface area contributed by atoms with Crippen LogP contribution in [0.2, 0.25) is 0 Å². The maximum absolute atomic E-state index is 13.7. The molecule has 0 saturated heterocycles. The van der Waals surface area contributed by atoms with Gasteiger partial charge in [-0.15, -0.1) is 0 Å². The summed E-state index contributed by atoms with van der Waals surface area (Å²) in [5.74, 6) is -3.20. The Morgan fingerprint density at radius 3 is 2.48 bits per heavy atom. The van der Waals surface area contributed by atoms with Gasteiger partial charge in [0.05, 0.1) is 16.6 Å². The molecule has 0 aliphatic rings. The Balaban J connectivity index is 2.92. The van der Waals surface area contributed by atoms with Crippen molar-refractivity contribution in [2.75, 3.05) is 0 Å². The quantitative estimate of drug-likeness (QED) is 0.616. The summed E-state index contributed by atoms with van der Waals surface area (Å²) in [6.45, 7) is 3.57. The van der Waals surface area contributed by atoms with Crippen molar-refractivity contribution in [3.05, 3.63) is 39.7 Å². The zero-order valence-corrected chi connectivity index (χ0v) is 11.5. The maximum Gasteiger partial charge on any atom is 0.326 e. The third-order valence-electron chi connectivity index (χ3n) is 2.72. The molecule has 0 heterocycles. The van der Waals surface area contributed by atoms with Crippen LogP contribution in [0.4, 0.5) is 10.1 Å². The van der Waals surface area contributed by atoms with Crippen LogP contribution in [0.3, 0.4) is 0 Å². The Morgan fingerprint density at radius 2 is 2.05 bits per heavy atom. The summed E-state index contributed by atoms with van der Waals surface area (Å²) in [5.41, 5.74) is -0.920. The van der Waals surface area contributed by atoms with E-state index in [-0.39, 0.29) is 12.3 Å². The van der Waals surface area contributed by atoms with Crippen LogP contribution >= 0.6 is 0 Å². The van der Waals surface area contributed by atoms with Gasteiger partial charge in [-0.2, -0.15) is 0 Å². The van der Waals surface area contributed by atoms with Gasteiger partial charge in [-0.3, -0.25) is 14.9 Å². The van der Waals surface area contributed by atoms with Crippen molar-refractivity contribution in [3.8, 4) is 0 Å². The van der Waals surface area contributed by atoms with E-state index in [0.717, 1.165) is 12.1 Å². The summed E-state index contributed by atoms with van der Waals surface area (Å²) >= 11 is 0. The van der Waals surface area contributed by atoms with Gasteiger partial charge in [-0.25, -0.2) is 9.18 Å². The van der Waals surface area contributed by atoms with E-state index >= 15 is 0 Å². The SMILES string of the molecule is CC(C)CC(NC(=O)c1ccc([N+](=O)[O-])cc1F)C(=O)O. The van der Waals surface area contributed by atoms with Gasteiger partial charge in [-0.1, -0.05) is 13.8 Å². The van der Waals surface area contributed by atoms with E-state index in [1.54, 1.807) is 13.8 Å². The molecule has 1 rings (SSSR count). The first-order valence-electron chi connectivity index (χ1n) is 6.20. The molecular formula is C13H15FN2O5. The highest BCUT2D eigenvalue weighted by atomic mass is 19.1. The van der Waals surface area contributed by atoms with E-state index in [0.29, 0.717) is 6.07 Å². The van der Waals surface area contributed by atoms with Crippen LogP contribution in [0.15, 0.2) is 18.2 Å². The van der Waals surface area contributed by atoms with E-state index in [2.05, 4.69) is 5.32 Å². The standard InChI is InChI=1S/C13H15FN2O5/c1-7(2)5-11(13(18)19)15-12(17)9-4-3-8(16(20)21)6-10(9)14/h3-4,6-7,11H,5H2,1-2H3,(H,15,17)(H,18,19). The Kier molecular flexibility index (Phi) is 5.34. The molecule has 0 spiro atoms. The lowest BCUT2D eigenvalue weighted by Gasteiger charge is -2.16. The molecule has 8 heteroatoms. The Labute approximate surface area is 119 Å². The second-order valence-electron chi connectivity index (χ2n) is 4.92. The number of amides is 1. The summed E-state index contributed by atoms with van der Waals surface area (Å²) in [6.07, 6.45) is 0.190. The lowest BCUT2D eigenvalue weighted by Crippen LogP contribution is -2.41. The number of hydrogen-bond acceptors (Lipinski definition) is 4. The molecule has 7 nitrogen and oxygen atoms in total. The highest BCUT2D eigenvalue weighted by Crippen LogP contribution is 2.17. The monoisotopic (exact) mass is 298 g/mol. The normalized spacial score (nSPS) is 12.0. The van der Waals surface area contributed by atoms with Crippen LogP contribution < -0.4 is 5.32 Å². The lowest BCUT2D eigenvalue weighted by molar-refractivity contribution is -0.385. The van der Waals surface area contributed by atoms with Crippen LogP contribution in [-0.2, 0) is 4.79 Å². The highest BCUT2D eigenvalue weighted by Gasteiger charge is 2.24. The average Bonchev–Trinajstić information content (AvgIpc) is 2.36. The minimum Gasteiger partial charge on any atom is -0.480 e. The van der Waals surface area contributed by atoms with Crippen LogP contribution in [0.5, 0.6) is 0 Å². The smallest absolute Gasteiger partial charge is 0.326 e. The van der Waals surface area contributed by atoms with Crippen LogP contribution in [0.1, 0.15) is 30.6 Å². The summed E-state index contributed by atoms with van der Waals surface area (Å²) < 4.78 is 13.7. The summed E-state index contributed by atoms with van der Waals surface area (Å²) in [6, 6.07) is 1.41. The number of benzene rings is 1. The van der Waals surface area contributed by atoms with Gasteiger partial charge in [0, 0.05) is 6.07 Å². The number of nitro benzene ring substituents is 1. The lowest BCUT2D eigenvalue weighted by atomic mass is 10.0. The van der Waals surface area contributed by atoms with Crippen molar-refractivity contribution in [2.45, 2.75) is 26.3 Å². The molecule has 1 atom stereocenters. The number of nitrogens with zero attached hydrogens (tertiary/aromatic N) is 1. The van der Waals surface area contributed by atoms with Gasteiger partial charge in [-0.05, 0) is 18.4 Å². The number of carboxylic acid groups (broad SMARTS) is 1. The first-order valence-corrected chi connectivity index (χ1v) is 6.20. The number of carbonyl (C=O) groups is 2. The van der Waals surface area contributed by atoms with Gasteiger partial charge in [0.15, 0.2) is 0 Å². The van der Waals surface area contributed by atoms with E-state index < -0.39 is 39.9 Å². The van der Waals surface area contributed by atoms with Crippen molar-refractivity contribution in [1.29, 1.82) is 0 Å². The van der Waals surface area contributed by atoms with E-state index in [1.165, 1.54) is 0 Å². The fraction of sp³-hybridized carbons (Fsp3) is 0.385. The largest absolute Gasteiger partial charge is 0.480 e. The van der Waals surface area contributed by atoms with Gasteiger partial charge < -0.3 is 10.4 Å². The zero-order chi connectivity index (χ0) is 16.2. The number of non-ortho nitro benzene ring substituents is 1. The second-order valence-corrected chi connectivity index (χ2v) is 4.92. The molecule has 0 radical (unpaired) electrons. The van der Waals surface area contributed by atoms with Crippen LogP contribution in [0, 0.1) is 21.8 Å². The molecule has 2 N–H and O–H groups in total. The number of carboxylic acids is 1. The zero-order valence-electron chi connectivity index (χ0n) is 11.5. The number of nitro groups is 1. The number of aliphatic carboxylic acids is 1. The van der Waals surface area contributed by atoms with Crippen molar-refractivity contribution in [2.24, 2.45) is 5.92 Å². The molecule has 0 aliphatic heterocycles. The number of carbonyl (C=O) groups excluding carboxylic acids is 1. The summed E-state index contributed by atoms with van der Waals surface area (Å²) in [4.78, 5) is 32.6. The van der Waals surface area contributed by atoms with Crippen LogP contribution in [-0.4, -0.2) is 27.9 Å². The van der Waals surface area contributed by atoms with Crippen molar-refractivity contribution in [1.82, 2.24) is 5.32 Å². The first-order chi connectivity index (χ1) is 9.72. The Bertz CT molecular complexity index is 574. The molecular weight excluding hydrogens is 283 g/mol. The summed E-state index contributed by atoms with van der Waals surface area (Å²) in [5, 5.41) is 21.7. The van der Waals surface area contributed by atoms with E-state index in [9.17, 15) is 24.1 Å². The van der Waals surface area contributed by atoms with Gasteiger partial charge in [0.25, 0.3) is 11.6 Å². The third kappa shape index (κ3) is 4.51. The second kappa shape index (κ2) is 6.78. The Hall–Kier alpha value is -2.51. The molecule has 1 aromatic rings. The maximum atomic E-state index is 13.7. The third-order valence-corrected chi connectivity index (χ3v) is 2.72. The highest BCUT2D eigenvalue weighted by molar-refractivity contribution is 5.97. The van der Waals surface area contributed by atoms with Gasteiger partial charge >= 0.3 is 5.97 Å². The number of nitrogens with one attached hydrogen (secondary N) is 1. The predicted molar refractivity (Wildman–Crippen MR) is 71.4 cm³/mol. The molecule has 21 heavy (non-hydrogen) atoms. The van der Waals surface area contributed by atoms with Gasteiger partial charge in [0.1, 0.15) is 11.9 Å². The fourth-order valence-electron chi connectivity index (χ4n) is 1.73. The predicted octanol–water partition coefficient (Wildman–Crippen LogP) is 1.96. The molecule has 0 bridgehead atoms. The number of halogens is 1. The molecule has 114 valence electrons. The van der Waals surface area contributed by atoms with Crippen molar-refractivity contribution >= 4 is 17.6 Å². The molecule has 1 unspecified atom stereocenters. The molecule has 0 aliphatic carbocycles. The van der Waals surface area contributed by atoms with Gasteiger partial charge in [0.2, 0.25) is 0 Å². The number of rotatable bonds is 6. The molecule has 0 aromatic heterocycles. The minimum atomic E-state index is -1.22. The van der Waals surface area contributed by atoms with Crippen molar-refractivity contribution in [3.63, 3.8) is 0 Å². The summed E-state index contributed by atoms with van der Waals surface area (Å²) in [7, 11) is 0. The fourth-order valence-corrected chi connectivity index (χ4v) is 1.73. The van der Waals surface area contributed by atoms with Crippen molar-refractivity contribution < 1.29 is 24.0 Å². The van der Waals surface area contributed by atoms with E-state index in [1.807, 2.05) is 0 Å². The van der Waals surface area contributed by atoms with Crippen LogP contribution in [0.25, 0.3) is 0 Å². The molecule has 0 saturated carbocycles. The average molecular weight is 298 g/mol. The molecule has 1 amide bonds. The minimum absolute atomic E-state index is 0.0214.